The Kier molecular flexibility index (Phi) is 5.56. The van der Waals surface area contributed by atoms with E-state index in [9.17, 15) is 0 Å². The number of ether oxygens (including phenoxy) is 1. The molecule has 1 atom stereocenters. The van der Waals surface area contributed by atoms with Gasteiger partial charge in [0.1, 0.15) is 5.75 Å². The Morgan fingerprint density at radius 3 is 2.65 bits per heavy atom. The van der Waals surface area contributed by atoms with Gasteiger partial charge in [0.15, 0.2) is 0 Å². The fourth-order valence-electron chi connectivity index (χ4n) is 1.99. The second kappa shape index (κ2) is 7.41. The maximum Gasteiger partial charge on any atom is 0.119 e. The lowest BCUT2D eigenvalue weighted by Crippen LogP contribution is -2.13. The zero-order valence-electron chi connectivity index (χ0n) is 12.1. The number of benzene rings is 1. The molecular formula is C16H22N2OS. The second-order valence-electron chi connectivity index (χ2n) is 4.94. The lowest BCUT2D eigenvalue weighted by atomic mass is 10.0. The van der Waals surface area contributed by atoms with Crippen molar-refractivity contribution in [2.45, 2.75) is 39.2 Å². The lowest BCUT2D eigenvalue weighted by Gasteiger charge is -2.12. The molecule has 0 aliphatic heterocycles. The van der Waals surface area contributed by atoms with Crippen molar-refractivity contribution in [1.29, 1.82) is 0 Å². The van der Waals surface area contributed by atoms with Crippen LogP contribution >= 0.6 is 11.3 Å². The van der Waals surface area contributed by atoms with Gasteiger partial charge >= 0.3 is 0 Å². The first kappa shape index (κ1) is 15.0. The highest BCUT2D eigenvalue weighted by molar-refractivity contribution is 7.09. The van der Waals surface area contributed by atoms with Gasteiger partial charge in [-0.15, -0.1) is 11.3 Å². The Morgan fingerprint density at radius 1 is 1.30 bits per heavy atom. The van der Waals surface area contributed by atoms with Gasteiger partial charge in [0, 0.05) is 17.8 Å². The molecule has 2 N–H and O–H groups in total. The number of nitrogens with two attached hydrogens (primary N) is 1. The van der Waals surface area contributed by atoms with E-state index in [1.54, 1.807) is 11.3 Å². The predicted octanol–water partition coefficient (Wildman–Crippen LogP) is 3.87. The van der Waals surface area contributed by atoms with Gasteiger partial charge in [-0.1, -0.05) is 25.5 Å². The van der Waals surface area contributed by atoms with E-state index in [0.717, 1.165) is 47.9 Å². The summed E-state index contributed by atoms with van der Waals surface area (Å²) in [6.07, 6.45) is 3.01. The van der Waals surface area contributed by atoms with Crippen molar-refractivity contribution >= 4 is 11.3 Å². The van der Waals surface area contributed by atoms with Crippen LogP contribution in [0.15, 0.2) is 29.6 Å². The quantitative estimate of drug-likeness (QED) is 0.787. The summed E-state index contributed by atoms with van der Waals surface area (Å²) >= 11 is 1.67. The standard InChI is InChI=1S/C16H22N2OS/c1-3-4-9-19-15-7-5-13(6-8-15)16(17)10-14-11-20-12(2)18-14/h5-8,11,16H,3-4,9-10,17H2,1-2H3. The van der Waals surface area contributed by atoms with Gasteiger partial charge in [0.2, 0.25) is 0 Å². The van der Waals surface area contributed by atoms with Crippen molar-refractivity contribution in [2.24, 2.45) is 5.73 Å². The minimum absolute atomic E-state index is 0.0128. The lowest BCUT2D eigenvalue weighted by molar-refractivity contribution is 0.309. The van der Waals surface area contributed by atoms with E-state index in [-0.39, 0.29) is 6.04 Å². The molecule has 0 fully saturated rings. The smallest absolute Gasteiger partial charge is 0.119 e. The second-order valence-corrected chi connectivity index (χ2v) is 6.00. The molecule has 0 bridgehead atoms. The molecule has 0 spiro atoms. The van der Waals surface area contributed by atoms with Gasteiger partial charge < -0.3 is 10.5 Å². The van der Waals surface area contributed by atoms with Gasteiger partial charge in [-0.25, -0.2) is 4.98 Å². The third-order valence-corrected chi connectivity index (χ3v) is 3.99. The highest BCUT2D eigenvalue weighted by Gasteiger charge is 2.09. The van der Waals surface area contributed by atoms with Crippen molar-refractivity contribution in [1.82, 2.24) is 4.98 Å². The maximum atomic E-state index is 6.23. The first-order chi connectivity index (χ1) is 9.69. The van der Waals surface area contributed by atoms with E-state index in [1.165, 1.54) is 0 Å². The van der Waals surface area contributed by atoms with E-state index >= 15 is 0 Å². The van der Waals surface area contributed by atoms with Crippen molar-refractivity contribution in [3.05, 3.63) is 45.9 Å². The molecule has 0 aliphatic carbocycles. The van der Waals surface area contributed by atoms with Crippen LogP contribution in [-0.4, -0.2) is 11.6 Å². The van der Waals surface area contributed by atoms with Gasteiger partial charge in [0.25, 0.3) is 0 Å². The van der Waals surface area contributed by atoms with E-state index in [0.29, 0.717) is 0 Å². The largest absolute Gasteiger partial charge is 0.494 e. The Balaban J connectivity index is 1.91. The number of hydrogen-bond donors (Lipinski definition) is 1. The van der Waals surface area contributed by atoms with E-state index < -0.39 is 0 Å². The van der Waals surface area contributed by atoms with Crippen LogP contribution in [0.1, 0.15) is 42.1 Å². The summed E-state index contributed by atoms with van der Waals surface area (Å²) < 4.78 is 5.65. The summed E-state index contributed by atoms with van der Waals surface area (Å²) in [7, 11) is 0. The van der Waals surface area contributed by atoms with Crippen molar-refractivity contribution < 1.29 is 4.74 Å². The van der Waals surface area contributed by atoms with Crippen LogP contribution in [0.2, 0.25) is 0 Å². The zero-order valence-corrected chi connectivity index (χ0v) is 13.0. The van der Waals surface area contributed by atoms with Crippen LogP contribution in [0.4, 0.5) is 0 Å². The fraction of sp³-hybridized carbons (Fsp3) is 0.438. The number of hydrogen-bond acceptors (Lipinski definition) is 4. The number of thiazole rings is 1. The molecule has 1 unspecified atom stereocenters. The molecule has 2 rings (SSSR count). The molecule has 1 aromatic carbocycles. The van der Waals surface area contributed by atoms with Crippen LogP contribution in [0.3, 0.4) is 0 Å². The summed E-state index contributed by atoms with van der Waals surface area (Å²) in [6.45, 7) is 4.95. The number of unbranched alkanes of at least 4 members (excludes halogenated alkanes) is 1. The third kappa shape index (κ3) is 4.32. The average Bonchev–Trinajstić information content (AvgIpc) is 2.85. The SMILES string of the molecule is CCCCOc1ccc(C(N)Cc2csc(C)n2)cc1. The summed E-state index contributed by atoms with van der Waals surface area (Å²) in [5.74, 6) is 0.916. The third-order valence-electron chi connectivity index (χ3n) is 3.17. The first-order valence-corrected chi connectivity index (χ1v) is 7.96. The molecule has 0 aliphatic rings. The number of aryl methyl sites for hydroxylation is 1. The molecule has 108 valence electrons. The molecule has 1 heterocycles. The van der Waals surface area contributed by atoms with Crippen molar-refractivity contribution in [3.8, 4) is 5.75 Å². The molecule has 20 heavy (non-hydrogen) atoms. The van der Waals surface area contributed by atoms with Crippen LogP contribution in [0.25, 0.3) is 0 Å². The van der Waals surface area contributed by atoms with Gasteiger partial charge in [0.05, 0.1) is 17.3 Å². The first-order valence-electron chi connectivity index (χ1n) is 7.08. The predicted molar refractivity (Wildman–Crippen MR) is 84.3 cm³/mol. The molecular weight excluding hydrogens is 268 g/mol. The highest BCUT2D eigenvalue weighted by Crippen LogP contribution is 2.20. The molecule has 1 aromatic heterocycles. The minimum atomic E-state index is -0.0128. The van der Waals surface area contributed by atoms with E-state index in [1.807, 2.05) is 31.2 Å². The molecule has 3 nitrogen and oxygen atoms in total. The van der Waals surface area contributed by atoms with E-state index in [2.05, 4.69) is 17.3 Å². The van der Waals surface area contributed by atoms with Crippen LogP contribution in [-0.2, 0) is 6.42 Å². The van der Waals surface area contributed by atoms with Crippen molar-refractivity contribution in [2.75, 3.05) is 6.61 Å². The van der Waals surface area contributed by atoms with Gasteiger partial charge in [-0.2, -0.15) is 0 Å². The molecule has 0 saturated carbocycles. The van der Waals surface area contributed by atoms with Gasteiger partial charge in [-0.05, 0) is 31.0 Å². The Labute approximate surface area is 124 Å². The molecule has 0 radical (unpaired) electrons. The Hall–Kier alpha value is -1.39. The number of aromatic nitrogens is 1. The number of rotatable bonds is 7. The maximum absolute atomic E-state index is 6.23. The van der Waals surface area contributed by atoms with Crippen LogP contribution in [0, 0.1) is 6.92 Å². The Bertz CT molecular complexity index is 522. The van der Waals surface area contributed by atoms with Crippen molar-refractivity contribution in [3.63, 3.8) is 0 Å². The summed E-state index contributed by atoms with van der Waals surface area (Å²) in [6, 6.07) is 8.08. The molecule has 4 heteroatoms. The molecule has 0 amide bonds. The van der Waals surface area contributed by atoms with Crippen LogP contribution in [0.5, 0.6) is 5.75 Å². The monoisotopic (exact) mass is 290 g/mol. The average molecular weight is 290 g/mol. The fourth-order valence-corrected chi connectivity index (χ4v) is 2.62. The minimum Gasteiger partial charge on any atom is -0.494 e. The topological polar surface area (TPSA) is 48.1 Å². The normalized spacial score (nSPS) is 12.3. The van der Waals surface area contributed by atoms with Gasteiger partial charge in [-0.3, -0.25) is 0 Å². The highest BCUT2D eigenvalue weighted by atomic mass is 32.1. The summed E-state index contributed by atoms with van der Waals surface area (Å²) in [5, 5.41) is 3.17. The molecule has 0 saturated heterocycles. The van der Waals surface area contributed by atoms with E-state index in [4.69, 9.17) is 10.5 Å². The Morgan fingerprint density at radius 2 is 2.05 bits per heavy atom. The molecule has 2 aromatic rings. The zero-order chi connectivity index (χ0) is 14.4. The summed E-state index contributed by atoms with van der Waals surface area (Å²) in [5.41, 5.74) is 8.43. The summed E-state index contributed by atoms with van der Waals surface area (Å²) in [4.78, 5) is 4.46. The van der Waals surface area contributed by atoms with Crippen LogP contribution < -0.4 is 10.5 Å². The number of nitrogens with zero attached hydrogens (tertiary/aromatic N) is 1.